The zero-order chi connectivity index (χ0) is 14.3. The van der Waals surface area contributed by atoms with Crippen molar-refractivity contribution in [3.05, 3.63) is 23.2 Å². The average Bonchev–Trinajstić information content (AvgIpc) is 2.18. The standard InChI is InChI=1S/C16H25ClN2/c1-15(2)8-12(9-16(3,4)10-15)19-14-7-11(17)5-6-13(14)18/h5-7,12,19H,8-10,18H2,1-4H3. The van der Waals surface area contributed by atoms with Crippen LogP contribution in [0.25, 0.3) is 0 Å². The lowest BCUT2D eigenvalue weighted by atomic mass is 9.63. The molecule has 2 rings (SSSR count). The lowest BCUT2D eigenvalue weighted by Gasteiger charge is -2.45. The summed E-state index contributed by atoms with van der Waals surface area (Å²) in [4.78, 5) is 0. The fourth-order valence-corrected chi connectivity index (χ4v) is 3.99. The maximum absolute atomic E-state index is 6.05. The van der Waals surface area contributed by atoms with Gasteiger partial charge in [0.2, 0.25) is 0 Å². The minimum absolute atomic E-state index is 0.368. The molecule has 0 aromatic heterocycles. The van der Waals surface area contributed by atoms with Crippen molar-refractivity contribution in [3.8, 4) is 0 Å². The number of nitrogens with two attached hydrogens (primary N) is 1. The highest BCUT2D eigenvalue weighted by atomic mass is 35.5. The van der Waals surface area contributed by atoms with Crippen molar-refractivity contribution in [2.45, 2.75) is 53.0 Å². The number of hydrogen-bond donors (Lipinski definition) is 2. The molecule has 1 aliphatic rings. The highest BCUT2D eigenvalue weighted by molar-refractivity contribution is 6.31. The lowest BCUT2D eigenvalue weighted by Crippen LogP contribution is -2.40. The Morgan fingerprint density at radius 1 is 1.16 bits per heavy atom. The van der Waals surface area contributed by atoms with E-state index < -0.39 is 0 Å². The van der Waals surface area contributed by atoms with Crippen LogP contribution in [0.15, 0.2) is 18.2 Å². The molecule has 0 spiro atoms. The van der Waals surface area contributed by atoms with Crippen molar-refractivity contribution in [2.24, 2.45) is 10.8 Å². The van der Waals surface area contributed by atoms with Crippen LogP contribution >= 0.6 is 11.6 Å². The summed E-state index contributed by atoms with van der Waals surface area (Å²) >= 11 is 6.05. The van der Waals surface area contributed by atoms with E-state index >= 15 is 0 Å². The number of nitrogens with one attached hydrogen (secondary N) is 1. The average molecular weight is 281 g/mol. The van der Waals surface area contributed by atoms with E-state index in [1.165, 1.54) is 19.3 Å². The summed E-state index contributed by atoms with van der Waals surface area (Å²) in [5, 5.41) is 4.32. The quantitative estimate of drug-likeness (QED) is 0.753. The highest BCUT2D eigenvalue weighted by Gasteiger charge is 2.38. The van der Waals surface area contributed by atoms with Crippen LogP contribution in [0.2, 0.25) is 5.02 Å². The normalized spacial score (nSPS) is 22.2. The number of nitrogen functional groups attached to an aromatic ring is 1. The molecule has 106 valence electrons. The van der Waals surface area contributed by atoms with Gasteiger partial charge in [0.05, 0.1) is 11.4 Å². The number of benzene rings is 1. The Kier molecular flexibility index (Phi) is 3.74. The first-order valence-electron chi connectivity index (χ1n) is 6.99. The summed E-state index contributed by atoms with van der Waals surface area (Å²) in [6.45, 7) is 9.40. The van der Waals surface area contributed by atoms with Gasteiger partial charge in [-0.05, 0) is 48.3 Å². The Labute approximate surface area is 121 Å². The smallest absolute Gasteiger partial charge is 0.0591 e. The predicted molar refractivity (Wildman–Crippen MR) is 84.7 cm³/mol. The number of hydrogen-bond acceptors (Lipinski definition) is 2. The van der Waals surface area contributed by atoms with Crippen molar-refractivity contribution in [3.63, 3.8) is 0 Å². The molecule has 2 nitrogen and oxygen atoms in total. The topological polar surface area (TPSA) is 38.0 Å². The number of rotatable bonds is 2. The fourth-order valence-electron chi connectivity index (χ4n) is 3.82. The molecule has 1 fully saturated rings. The van der Waals surface area contributed by atoms with E-state index in [0.717, 1.165) is 16.4 Å². The summed E-state index contributed by atoms with van der Waals surface area (Å²) in [5.41, 5.74) is 8.49. The molecule has 0 amide bonds. The number of halogens is 1. The van der Waals surface area contributed by atoms with Gasteiger partial charge in [-0.15, -0.1) is 0 Å². The van der Waals surface area contributed by atoms with E-state index in [-0.39, 0.29) is 0 Å². The van der Waals surface area contributed by atoms with Gasteiger partial charge in [-0.3, -0.25) is 0 Å². The van der Waals surface area contributed by atoms with Crippen molar-refractivity contribution >= 4 is 23.0 Å². The Hall–Kier alpha value is -0.890. The van der Waals surface area contributed by atoms with E-state index in [0.29, 0.717) is 16.9 Å². The third-order valence-corrected chi connectivity index (χ3v) is 4.17. The van der Waals surface area contributed by atoms with Gasteiger partial charge >= 0.3 is 0 Å². The van der Waals surface area contributed by atoms with Gasteiger partial charge in [0.15, 0.2) is 0 Å². The summed E-state index contributed by atoms with van der Waals surface area (Å²) in [6, 6.07) is 6.08. The van der Waals surface area contributed by atoms with E-state index in [9.17, 15) is 0 Å². The third-order valence-electron chi connectivity index (χ3n) is 3.93. The predicted octanol–water partition coefficient (Wildman–Crippen LogP) is 4.94. The summed E-state index contributed by atoms with van der Waals surface area (Å²) in [6.07, 6.45) is 3.61. The van der Waals surface area contributed by atoms with Crippen LogP contribution in [-0.4, -0.2) is 6.04 Å². The lowest BCUT2D eigenvalue weighted by molar-refractivity contribution is 0.105. The van der Waals surface area contributed by atoms with Gasteiger partial charge in [-0.2, -0.15) is 0 Å². The van der Waals surface area contributed by atoms with Crippen LogP contribution in [0.5, 0.6) is 0 Å². The van der Waals surface area contributed by atoms with Crippen LogP contribution < -0.4 is 11.1 Å². The maximum atomic E-state index is 6.05. The third kappa shape index (κ3) is 3.79. The molecule has 0 saturated heterocycles. The van der Waals surface area contributed by atoms with Gasteiger partial charge in [-0.25, -0.2) is 0 Å². The molecule has 3 heteroatoms. The molecular weight excluding hydrogens is 256 g/mol. The van der Waals surface area contributed by atoms with Crippen LogP contribution in [-0.2, 0) is 0 Å². The first kappa shape index (κ1) is 14.5. The largest absolute Gasteiger partial charge is 0.397 e. The highest BCUT2D eigenvalue weighted by Crippen LogP contribution is 2.46. The first-order valence-corrected chi connectivity index (χ1v) is 7.36. The van der Waals surface area contributed by atoms with Crippen LogP contribution in [0.4, 0.5) is 11.4 Å². The minimum Gasteiger partial charge on any atom is -0.397 e. The minimum atomic E-state index is 0.368. The van der Waals surface area contributed by atoms with Gasteiger partial charge in [-0.1, -0.05) is 39.3 Å². The van der Waals surface area contributed by atoms with Crippen molar-refractivity contribution in [1.29, 1.82) is 0 Å². The molecule has 1 aliphatic carbocycles. The Balaban J connectivity index is 2.16. The molecule has 0 aliphatic heterocycles. The number of anilines is 2. The first-order chi connectivity index (χ1) is 8.67. The Morgan fingerprint density at radius 2 is 1.74 bits per heavy atom. The van der Waals surface area contributed by atoms with Crippen LogP contribution in [0, 0.1) is 10.8 Å². The van der Waals surface area contributed by atoms with Gasteiger partial charge in [0, 0.05) is 11.1 Å². The van der Waals surface area contributed by atoms with Crippen molar-refractivity contribution in [1.82, 2.24) is 0 Å². The van der Waals surface area contributed by atoms with Crippen molar-refractivity contribution < 1.29 is 0 Å². The fraction of sp³-hybridized carbons (Fsp3) is 0.625. The van der Waals surface area contributed by atoms with Gasteiger partial charge in [0.1, 0.15) is 0 Å². The van der Waals surface area contributed by atoms with E-state index in [2.05, 4.69) is 33.0 Å². The van der Waals surface area contributed by atoms with Crippen LogP contribution in [0.3, 0.4) is 0 Å². The molecule has 0 heterocycles. The summed E-state index contributed by atoms with van der Waals surface area (Å²) < 4.78 is 0. The SMILES string of the molecule is CC1(C)CC(Nc2cc(Cl)ccc2N)CC(C)(C)C1. The maximum Gasteiger partial charge on any atom is 0.0591 e. The Morgan fingerprint density at radius 3 is 2.32 bits per heavy atom. The second-order valence-electron chi connectivity index (χ2n) is 7.49. The van der Waals surface area contributed by atoms with Crippen molar-refractivity contribution in [2.75, 3.05) is 11.1 Å². The zero-order valence-electron chi connectivity index (χ0n) is 12.4. The molecule has 0 atom stereocenters. The monoisotopic (exact) mass is 280 g/mol. The van der Waals surface area contributed by atoms with E-state index in [1.807, 2.05) is 18.2 Å². The molecule has 0 radical (unpaired) electrons. The molecular formula is C16H25ClN2. The molecule has 1 aromatic carbocycles. The molecule has 3 N–H and O–H groups in total. The Bertz CT molecular complexity index is 450. The van der Waals surface area contributed by atoms with Crippen LogP contribution in [0.1, 0.15) is 47.0 Å². The zero-order valence-corrected chi connectivity index (χ0v) is 13.1. The van der Waals surface area contributed by atoms with Gasteiger partial charge < -0.3 is 11.1 Å². The molecule has 19 heavy (non-hydrogen) atoms. The molecule has 1 aromatic rings. The molecule has 0 unspecified atom stereocenters. The molecule has 0 bridgehead atoms. The summed E-state index contributed by atoms with van der Waals surface area (Å²) in [5.74, 6) is 0. The van der Waals surface area contributed by atoms with Gasteiger partial charge in [0.25, 0.3) is 0 Å². The van der Waals surface area contributed by atoms with E-state index in [1.54, 1.807) is 0 Å². The second kappa shape index (κ2) is 4.90. The molecule has 1 saturated carbocycles. The van der Waals surface area contributed by atoms with E-state index in [4.69, 9.17) is 17.3 Å². The summed E-state index contributed by atoms with van der Waals surface area (Å²) in [7, 11) is 0. The second-order valence-corrected chi connectivity index (χ2v) is 7.92.